The minimum atomic E-state index is 0.121. The largest absolute Gasteiger partial charge is 0.383 e. The lowest BCUT2D eigenvalue weighted by Gasteiger charge is -2.29. The molecule has 1 aromatic heterocycles. The second-order valence-electron chi connectivity index (χ2n) is 6.05. The predicted molar refractivity (Wildman–Crippen MR) is 101 cm³/mol. The number of nitrogens with zero attached hydrogens (tertiary/aromatic N) is 2. The maximum atomic E-state index is 9.55. The van der Waals surface area contributed by atoms with E-state index in [2.05, 4.69) is 17.1 Å². The summed E-state index contributed by atoms with van der Waals surface area (Å²) in [5.74, 6) is 0.388. The van der Waals surface area contributed by atoms with Crippen LogP contribution in [0.4, 0.5) is 5.82 Å². The lowest BCUT2D eigenvalue weighted by molar-refractivity contribution is 0.789. The summed E-state index contributed by atoms with van der Waals surface area (Å²) in [5, 5.41) is 10.6. The molecule has 1 heterocycles. The zero-order valence-corrected chi connectivity index (χ0v) is 14.6. The first kappa shape index (κ1) is 16.0. The summed E-state index contributed by atoms with van der Waals surface area (Å²) in [6, 6.07) is 16.0. The second kappa shape index (κ2) is 6.07. The molecule has 2 N–H and O–H groups in total. The van der Waals surface area contributed by atoms with E-state index in [1.807, 2.05) is 36.4 Å². The lowest BCUT2D eigenvalue weighted by Crippen LogP contribution is -2.15. The van der Waals surface area contributed by atoms with Crippen LogP contribution in [0.25, 0.3) is 11.1 Å². The Morgan fingerprint density at radius 1 is 1.12 bits per heavy atom. The molecule has 0 aliphatic heterocycles. The highest BCUT2D eigenvalue weighted by atomic mass is 35.5. The first-order chi connectivity index (χ1) is 12.1. The standard InChI is InChI=1S/C20H13Cl2N3/c21-17-6-5-11(8-18(17)22)15-7-12-10-25-20(24)16(9-23)19(12)14-4-2-1-3-13(14)15/h1-6,8,10,15H,7H2,(H2,24,25)/t15-/m0/s1. The Morgan fingerprint density at radius 2 is 1.92 bits per heavy atom. The van der Waals surface area contributed by atoms with Gasteiger partial charge in [-0.05, 0) is 40.8 Å². The van der Waals surface area contributed by atoms with E-state index >= 15 is 0 Å². The number of nitrogens with two attached hydrogens (primary N) is 1. The van der Waals surface area contributed by atoms with Crippen molar-refractivity contribution in [2.45, 2.75) is 12.3 Å². The maximum Gasteiger partial charge on any atom is 0.141 e. The highest BCUT2D eigenvalue weighted by Crippen LogP contribution is 2.45. The zero-order chi connectivity index (χ0) is 17.6. The molecule has 3 nitrogen and oxygen atoms in total. The molecular formula is C20H13Cl2N3. The lowest BCUT2D eigenvalue weighted by atomic mass is 9.75. The smallest absolute Gasteiger partial charge is 0.141 e. The molecule has 0 spiro atoms. The number of rotatable bonds is 1. The summed E-state index contributed by atoms with van der Waals surface area (Å²) in [7, 11) is 0. The quantitative estimate of drug-likeness (QED) is 0.644. The second-order valence-corrected chi connectivity index (χ2v) is 6.86. The van der Waals surface area contributed by atoms with Crippen molar-refractivity contribution in [1.82, 2.24) is 4.98 Å². The van der Waals surface area contributed by atoms with Crippen molar-refractivity contribution in [3.05, 3.63) is 81.0 Å². The van der Waals surface area contributed by atoms with Gasteiger partial charge in [-0.3, -0.25) is 0 Å². The van der Waals surface area contributed by atoms with Gasteiger partial charge in [0.2, 0.25) is 0 Å². The van der Waals surface area contributed by atoms with E-state index in [1.54, 1.807) is 6.20 Å². The molecule has 0 radical (unpaired) electrons. The van der Waals surface area contributed by atoms with Crippen molar-refractivity contribution >= 4 is 29.0 Å². The molecule has 1 aliphatic carbocycles. The number of pyridine rings is 1. The monoisotopic (exact) mass is 365 g/mol. The topological polar surface area (TPSA) is 62.7 Å². The summed E-state index contributed by atoms with van der Waals surface area (Å²) in [6.45, 7) is 0. The van der Waals surface area contributed by atoms with Crippen LogP contribution in [0.5, 0.6) is 0 Å². The van der Waals surface area contributed by atoms with E-state index < -0.39 is 0 Å². The van der Waals surface area contributed by atoms with Crippen LogP contribution in [0.1, 0.15) is 28.2 Å². The first-order valence-corrected chi connectivity index (χ1v) is 8.57. The van der Waals surface area contributed by atoms with Crippen LogP contribution in [-0.2, 0) is 6.42 Å². The van der Waals surface area contributed by atoms with Crippen molar-refractivity contribution in [3.8, 4) is 17.2 Å². The summed E-state index contributed by atoms with van der Waals surface area (Å²) in [4.78, 5) is 4.20. The fraction of sp³-hybridized carbons (Fsp3) is 0.100. The average molecular weight is 366 g/mol. The van der Waals surface area contributed by atoms with Gasteiger partial charge < -0.3 is 5.73 Å². The molecular weight excluding hydrogens is 353 g/mol. The summed E-state index contributed by atoms with van der Waals surface area (Å²) >= 11 is 12.3. The number of halogens is 2. The van der Waals surface area contributed by atoms with Gasteiger partial charge in [-0.15, -0.1) is 0 Å². The Bertz CT molecular complexity index is 1040. The van der Waals surface area contributed by atoms with Gasteiger partial charge in [-0.2, -0.15) is 5.26 Å². The van der Waals surface area contributed by atoms with Crippen molar-refractivity contribution < 1.29 is 0 Å². The average Bonchev–Trinajstić information content (AvgIpc) is 2.63. The highest BCUT2D eigenvalue weighted by molar-refractivity contribution is 6.42. The van der Waals surface area contributed by atoms with E-state index in [-0.39, 0.29) is 11.7 Å². The Morgan fingerprint density at radius 3 is 2.68 bits per heavy atom. The molecule has 25 heavy (non-hydrogen) atoms. The third-order valence-corrected chi connectivity index (χ3v) is 5.41. The molecule has 0 unspecified atom stereocenters. The Hall–Kier alpha value is -2.54. The van der Waals surface area contributed by atoms with Crippen LogP contribution in [0.2, 0.25) is 10.0 Å². The maximum absolute atomic E-state index is 9.55. The van der Waals surface area contributed by atoms with E-state index in [1.165, 1.54) is 0 Å². The van der Waals surface area contributed by atoms with Crippen molar-refractivity contribution in [3.63, 3.8) is 0 Å². The third-order valence-electron chi connectivity index (χ3n) is 4.67. The van der Waals surface area contributed by atoms with Gasteiger partial charge in [0.05, 0.1) is 10.0 Å². The van der Waals surface area contributed by atoms with E-state index in [0.29, 0.717) is 15.6 Å². The van der Waals surface area contributed by atoms with Crippen LogP contribution in [0.3, 0.4) is 0 Å². The molecule has 1 atom stereocenters. The van der Waals surface area contributed by atoms with Crippen LogP contribution in [0.15, 0.2) is 48.7 Å². The van der Waals surface area contributed by atoms with Crippen LogP contribution in [-0.4, -0.2) is 4.98 Å². The van der Waals surface area contributed by atoms with Crippen LogP contribution >= 0.6 is 23.2 Å². The molecule has 0 saturated carbocycles. The predicted octanol–water partition coefficient (Wildman–Crippen LogP) is 5.20. The molecule has 3 aromatic rings. The van der Waals surface area contributed by atoms with Crippen molar-refractivity contribution in [2.75, 3.05) is 5.73 Å². The highest BCUT2D eigenvalue weighted by Gasteiger charge is 2.29. The van der Waals surface area contributed by atoms with Gasteiger partial charge in [0.25, 0.3) is 0 Å². The number of nitrogen functional groups attached to an aromatic ring is 1. The molecule has 122 valence electrons. The summed E-state index contributed by atoms with van der Waals surface area (Å²) < 4.78 is 0. The molecule has 0 bridgehead atoms. The molecule has 0 fully saturated rings. The van der Waals surface area contributed by atoms with Crippen molar-refractivity contribution in [2.24, 2.45) is 0 Å². The number of aromatic nitrogens is 1. The minimum Gasteiger partial charge on any atom is -0.383 e. The number of fused-ring (bicyclic) bond motifs is 3. The number of nitriles is 1. The number of benzene rings is 2. The number of anilines is 1. The summed E-state index contributed by atoms with van der Waals surface area (Å²) in [6.07, 6.45) is 2.50. The van der Waals surface area contributed by atoms with Gasteiger partial charge in [0, 0.05) is 17.7 Å². The van der Waals surface area contributed by atoms with Crippen LogP contribution < -0.4 is 5.73 Å². The normalized spacial score (nSPS) is 15.2. The molecule has 2 aromatic carbocycles. The van der Waals surface area contributed by atoms with Crippen LogP contribution in [0, 0.1) is 11.3 Å². The Kier molecular flexibility index (Phi) is 3.88. The van der Waals surface area contributed by atoms with Gasteiger partial charge in [0.1, 0.15) is 17.5 Å². The molecule has 1 aliphatic rings. The fourth-order valence-electron chi connectivity index (χ4n) is 3.53. The molecule has 5 heteroatoms. The Labute approximate surface area is 155 Å². The molecule has 0 saturated heterocycles. The third kappa shape index (κ3) is 2.55. The summed E-state index contributed by atoms with van der Waals surface area (Å²) in [5.41, 5.74) is 11.5. The fourth-order valence-corrected chi connectivity index (χ4v) is 3.83. The molecule has 0 amide bonds. The van der Waals surface area contributed by atoms with E-state index in [9.17, 15) is 5.26 Å². The SMILES string of the molecule is N#Cc1c(N)ncc2c1-c1ccccc1[C@H](c1ccc(Cl)c(Cl)c1)C2. The van der Waals surface area contributed by atoms with Gasteiger partial charge in [-0.1, -0.05) is 53.5 Å². The number of hydrogen-bond acceptors (Lipinski definition) is 3. The first-order valence-electron chi connectivity index (χ1n) is 7.82. The van der Waals surface area contributed by atoms with Gasteiger partial charge in [0.15, 0.2) is 0 Å². The van der Waals surface area contributed by atoms with E-state index in [4.69, 9.17) is 28.9 Å². The Balaban J connectivity index is 1.96. The number of hydrogen-bond donors (Lipinski definition) is 1. The van der Waals surface area contributed by atoms with Gasteiger partial charge in [-0.25, -0.2) is 4.98 Å². The minimum absolute atomic E-state index is 0.121. The zero-order valence-electron chi connectivity index (χ0n) is 13.1. The molecule has 4 rings (SSSR count). The van der Waals surface area contributed by atoms with Crippen molar-refractivity contribution in [1.29, 1.82) is 5.26 Å². The van der Waals surface area contributed by atoms with E-state index in [0.717, 1.165) is 34.2 Å². The van der Waals surface area contributed by atoms with Gasteiger partial charge >= 0.3 is 0 Å².